The summed E-state index contributed by atoms with van der Waals surface area (Å²) in [6.45, 7) is 1.76. The minimum absolute atomic E-state index is 0.0952. The van der Waals surface area contributed by atoms with Gasteiger partial charge in [0.1, 0.15) is 5.56 Å². The van der Waals surface area contributed by atoms with Gasteiger partial charge in [0.15, 0.2) is 5.75 Å². The van der Waals surface area contributed by atoms with Gasteiger partial charge in [-0.1, -0.05) is 0 Å². The van der Waals surface area contributed by atoms with E-state index in [0.29, 0.717) is 46.7 Å². The topological polar surface area (TPSA) is 132 Å². The third-order valence-electron chi connectivity index (χ3n) is 7.69. The van der Waals surface area contributed by atoms with Crippen LogP contribution < -0.4 is 20.8 Å². The van der Waals surface area contributed by atoms with Crippen LogP contribution in [0.2, 0.25) is 0 Å². The summed E-state index contributed by atoms with van der Waals surface area (Å²) in [5.74, 6) is 1.05. The van der Waals surface area contributed by atoms with E-state index in [2.05, 4.69) is 16.0 Å². The number of benzene rings is 1. The molecule has 32 heavy (non-hydrogen) atoms. The van der Waals surface area contributed by atoms with E-state index in [0.717, 1.165) is 50.0 Å². The van der Waals surface area contributed by atoms with Gasteiger partial charge in [0, 0.05) is 25.3 Å². The molecule has 3 aliphatic rings. The second-order valence-corrected chi connectivity index (χ2v) is 9.48. The van der Waals surface area contributed by atoms with Crippen LogP contribution in [0.15, 0.2) is 17.1 Å². The maximum atomic E-state index is 12.9. The third kappa shape index (κ3) is 3.23. The number of aromatic nitrogens is 1. The van der Waals surface area contributed by atoms with Crippen molar-refractivity contribution in [3.63, 3.8) is 0 Å². The normalized spacial score (nSPS) is 25.5. The zero-order valence-corrected chi connectivity index (χ0v) is 18.1. The van der Waals surface area contributed by atoms with Gasteiger partial charge in [-0.05, 0) is 61.0 Å². The average Bonchev–Trinajstić information content (AvgIpc) is 3.41. The Morgan fingerprint density at radius 3 is 2.81 bits per heavy atom. The monoisotopic (exact) mass is 436 g/mol. The number of anilines is 1. The number of aromatic carboxylic acids is 1. The largest absolute Gasteiger partial charge is 0.492 e. The second-order valence-electron chi connectivity index (χ2n) is 9.48. The highest BCUT2D eigenvalue weighted by Crippen LogP contribution is 2.53. The first kappa shape index (κ1) is 20.8. The minimum atomic E-state index is -1.24. The van der Waals surface area contributed by atoms with E-state index >= 15 is 0 Å². The van der Waals surface area contributed by atoms with Crippen LogP contribution in [0.3, 0.4) is 0 Å². The lowest BCUT2D eigenvalue weighted by molar-refractivity contribution is 0.0695. The summed E-state index contributed by atoms with van der Waals surface area (Å²) < 4.78 is 5.85. The lowest BCUT2D eigenvalue weighted by Crippen LogP contribution is -2.35. The van der Waals surface area contributed by atoms with Gasteiger partial charge < -0.3 is 25.5 Å². The second kappa shape index (κ2) is 7.82. The van der Waals surface area contributed by atoms with E-state index in [-0.39, 0.29) is 11.6 Å². The number of pyridine rings is 1. The molecule has 1 aromatic heterocycles. The first-order valence-electron chi connectivity index (χ1n) is 11.3. The Morgan fingerprint density at radius 2 is 2.16 bits per heavy atom. The number of ether oxygens (including phenoxy) is 1. The Morgan fingerprint density at radius 1 is 1.38 bits per heavy atom. The molecule has 8 heteroatoms. The summed E-state index contributed by atoms with van der Waals surface area (Å²) in [7, 11) is 1.60. The molecule has 1 aromatic carbocycles. The Bertz CT molecular complexity index is 1180. The van der Waals surface area contributed by atoms with Crippen molar-refractivity contribution in [1.29, 1.82) is 5.26 Å². The van der Waals surface area contributed by atoms with Crippen molar-refractivity contribution in [2.45, 2.75) is 44.1 Å². The number of aromatic amines is 1. The van der Waals surface area contributed by atoms with Crippen molar-refractivity contribution in [1.82, 2.24) is 4.98 Å². The molecule has 2 heterocycles. The first-order chi connectivity index (χ1) is 15.4. The van der Waals surface area contributed by atoms with E-state index in [1.807, 2.05) is 6.07 Å². The van der Waals surface area contributed by atoms with Crippen LogP contribution in [-0.4, -0.2) is 42.3 Å². The molecule has 4 atom stereocenters. The van der Waals surface area contributed by atoms with Gasteiger partial charge in [-0.15, -0.1) is 0 Å². The summed E-state index contributed by atoms with van der Waals surface area (Å²) in [5.41, 5.74) is 8.22. The van der Waals surface area contributed by atoms with Gasteiger partial charge in [-0.3, -0.25) is 4.79 Å². The number of hydrogen-bond acceptors (Lipinski definition) is 6. The summed E-state index contributed by atoms with van der Waals surface area (Å²) in [5, 5.41) is 18.8. The number of nitrogens with one attached hydrogen (secondary N) is 1. The predicted octanol–water partition coefficient (Wildman–Crippen LogP) is 2.82. The van der Waals surface area contributed by atoms with Crippen molar-refractivity contribution >= 4 is 22.6 Å². The summed E-state index contributed by atoms with van der Waals surface area (Å²) >= 11 is 0. The van der Waals surface area contributed by atoms with Crippen LogP contribution in [0.25, 0.3) is 10.9 Å². The molecule has 5 rings (SSSR count). The van der Waals surface area contributed by atoms with Crippen molar-refractivity contribution in [3.8, 4) is 11.8 Å². The van der Waals surface area contributed by atoms with Gasteiger partial charge in [0.25, 0.3) is 0 Å². The van der Waals surface area contributed by atoms with Crippen molar-refractivity contribution < 1.29 is 14.6 Å². The number of fused-ring (bicyclic) bond motifs is 2. The van der Waals surface area contributed by atoms with Gasteiger partial charge in [-0.25, -0.2) is 4.79 Å². The maximum Gasteiger partial charge on any atom is 0.341 e. The standard InChI is InChI=1S/C24H28N4O4/c1-32-23-20-16(22(29)17(9-27-20)24(30)31)8-15(12-2-3-12)21(23)28-10-13-4-5-14(18(13)11-28)19(26)6-7-25/h8-9,12-14,18-19H,2-6,10-11,26H2,1H3,(H,27,29)(H,30,31). The first-order valence-corrected chi connectivity index (χ1v) is 11.3. The zero-order valence-electron chi connectivity index (χ0n) is 18.1. The molecular formula is C24H28N4O4. The van der Waals surface area contributed by atoms with E-state index < -0.39 is 11.4 Å². The summed E-state index contributed by atoms with van der Waals surface area (Å²) in [6, 6.07) is 4.00. The Labute approximate surface area is 186 Å². The molecule has 1 aliphatic heterocycles. The van der Waals surface area contributed by atoms with Crippen molar-refractivity contribution in [2.75, 3.05) is 25.1 Å². The van der Waals surface area contributed by atoms with Crippen LogP contribution in [0.5, 0.6) is 5.75 Å². The van der Waals surface area contributed by atoms with E-state index in [9.17, 15) is 14.7 Å². The molecule has 4 N–H and O–H groups in total. The minimum Gasteiger partial charge on any atom is -0.492 e. The number of carboxylic acids is 1. The predicted molar refractivity (Wildman–Crippen MR) is 120 cm³/mol. The van der Waals surface area contributed by atoms with Gasteiger partial charge in [-0.2, -0.15) is 5.26 Å². The van der Waals surface area contributed by atoms with E-state index in [1.54, 1.807) is 7.11 Å². The average molecular weight is 437 g/mol. The quantitative estimate of drug-likeness (QED) is 0.634. The molecular weight excluding hydrogens is 408 g/mol. The van der Waals surface area contributed by atoms with E-state index in [1.165, 1.54) is 6.20 Å². The molecule has 0 spiro atoms. The van der Waals surface area contributed by atoms with Crippen LogP contribution in [-0.2, 0) is 0 Å². The third-order valence-corrected chi connectivity index (χ3v) is 7.69. The van der Waals surface area contributed by atoms with Crippen LogP contribution in [0, 0.1) is 29.1 Å². The molecule has 2 aromatic rings. The Hall–Kier alpha value is -3.05. The molecule has 2 saturated carbocycles. The highest BCUT2D eigenvalue weighted by molar-refractivity contribution is 5.97. The molecule has 0 bridgehead atoms. The summed E-state index contributed by atoms with van der Waals surface area (Å²) in [4.78, 5) is 29.8. The molecule has 2 aliphatic carbocycles. The fourth-order valence-corrected chi connectivity index (χ4v) is 6.01. The molecule has 1 saturated heterocycles. The Balaban J connectivity index is 1.60. The number of rotatable bonds is 6. The number of nitrogens with two attached hydrogens (primary N) is 1. The number of methoxy groups -OCH3 is 1. The van der Waals surface area contributed by atoms with Gasteiger partial charge >= 0.3 is 5.97 Å². The number of nitriles is 1. The number of carbonyl (C=O) groups is 1. The SMILES string of the molecule is COc1c(N2CC3CCC(C(N)CC#N)C3C2)c(C2CC2)cc2c(=O)c(C(=O)O)c[nH]c12. The number of nitrogens with zero attached hydrogens (tertiary/aromatic N) is 2. The molecule has 0 amide bonds. The number of H-pyrrole nitrogens is 1. The number of hydrogen-bond donors (Lipinski definition) is 3. The van der Waals surface area contributed by atoms with Crippen molar-refractivity contribution in [2.24, 2.45) is 23.5 Å². The van der Waals surface area contributed by atoms with E-state index in [4.69, 9.17) is 15.7 Å². The lowest BCUT2D eigenvalue weighted by Gasteiger charge is -2.28. The fraction of sp³-hybridized carbons (Fsp3) is 0.542. The zero-order chi connectivity index (χ0) is 22.6. The highest BCUT2D eigenvalue weighted by atomic mass is 16.5. The maximum absolute atomic E-state index is 12.9. The fourth-order valence-electron chi connectivity index (χ4n) is 6.01. The molecule has 168 valence electrons. The molecule has 8 nitrogen and oxygen atoms in total. The van der Waals surface area contributed by atoms with Gasteiger partial charge in [0.05, 0.1) is 36.2 Å². The lowest BCUT2D eigenvalue weighted by atomic mass is 9.86. The molecule has 4 unspecified atom stereocenters. The molecule has 0 radical (unpaired) electrons. The van der Waals surface area contributed by atoms with Crippen LogP contribution in [0.4, 0.5) is 5.69 Å². The highest BCUT2D eigenvalue weighted by Gasteiger charge is 2.46. The van der Waals surface area contributed by atoms with Crippen LogP contribution in [0.1, 0.15) is 53.9 Å². The smallest absolute Gasteiger partial charge is 0.341 e. The number of carboxylic acid groups (broad SMARTS) is 1. The van der Waals surface area contributed by atoms with Crippen molar-refractivity contribution in [3.05, 3.63) is 33.6 Å². The van der Waals surface area contributed by atoms with Crippen LogP contribution >= 0.6 is 0 Å². The molecule has 3 fully saturated rings. The Kier molecular flexibility index (Phi) is 5.09. The van der Waals surface area contributed by atoms with Gasteiger partial charge in [0.2, 0.25) is 5.43 Å². The summed E-state index contributed by atoms with van der Waals surface area (Å²) in [6.07, 6.45) is 5.92.